The highest BCUT2D eigenvalue weighted by molar-refractivity contribution is 6.32. The number of benzene rings is 1. The minimum absolute atomic E-state index is 0.165. The van der Waals surface area contributed by atoms with Gasteiger partial charge in [0.15, 0.2) is 11.5 Å². The Labute approximate surface area is 130 Å². The second kappa shape index (κ2) is 5.34. The largest absolute Gasteiger partial charge is 0.486 e. The van der Waals surface area contributed by atoms with Gasteiger partial charge in [-0.05, 0) is 49.9 Å². The molecule has 2 unspecified atom stereocenters. The average Bonchev–Trinajstić information content (AvgIpc) is 3.31. The van der Waals surface area contributed by atoms with Crippen molar-refractivity contribution in [1.82, 2.24) is 4.90 Å². The molecule has 2 heterocycles. The molecule has 0 amide bonds. The first-order chi connectivity index (χ1) is 10.2. The third-order valence-electron chi connectivity index (χ3n) is 4.69. The van der Waals surface area contributed by atoms with Gasteiger partial charge in [-0.25, -0.2) is 0 Å². The molecule has 0 aromatic heterocycles. The average molecular weight is 309 g/mol. The van der Waals surface area contributed by atoms with Crippen LogP contribution in [-0.2, 0) is 0 Å². The Morgan fingerprint density at radius 3 is 2.76 bits per heavy atom. The van der Waals surface area contributed by atoms with Gasteiger partial charge in [0.05, 0.1) is 11.1 Å². The van der Waals surface area contributed by atoms with Gasteiger partial charge in [-0.3, -0.25) is 4.90 Å². The van der Waals surface area contributed by atoms with Gasteiger partial charge in [-0.1, -0.05) is 11.6 Å². The summed E-state index contributed by atoms with van der Waals surface area (Å²) in [6, 6.07) is 5.21. The predicted octanol–water partition coefficient (Wildman–Crippen LogP) is 2.74. The van der Waals surface area contributed by atoms with E-state index < -0.39 is 0 Å². The molecule has 0 bridgehead atoms. The van der Waals surface area contributed by atoms with E-state index in [4.69, 9.17) is 26.8 Å². The number of halogens is 1. The fourth-order valence-corrected chi connectivity index (χ4v) is 3.88. The van der Waals surface area contributed by atoms with E-state index in [2.05, 4.69) is 11.0 Å². The van der Waals surface area contributed by atoms with E-state index in [0.717, 1.165) is 18.7 Å². The fraction of sp³-hybridized carbons (Fsp3) is 0.625. The molecule has 2 fully saturated rings. The monoisotopic (exact) mass is 308 g/mol. The zero-order valence-electron chi connectivity index (χ0n) is 12.1. The molecule has 1 saturated heterocycles. The molecule has 1 aromatic rings. The van der Waals surface area contributed by atoms with Crippen LogP contribution in [0.25, 0.3) is 0 Å². The van der Waals surface area contributed by atoms with Crippen molar-refractivity contribution < 1.29 is 9.47 Å². The highest BCUT2D eigenvalue weighted by Gasteiger charge is 2.39. The summed E-state index contributed by atoms with van der Waals surface area (Å²) in [7, 11) is 0. The summed E-state index contributed by atoms with van der Waals surface area (Å²) in [6.45, 7) is 2.27. The lowest BCUT2D eigenvalue weighted by molar-refractivity contribution is 0.118. The van der Waals surface area contributed by atoms with Crippen molar-refractivity contribution >= 4 is 11.6 Å². The summed E-state index contributed by atoms with van der Waals surface area (Å²) >= 11 is 6.39. The lowest BCUT2D eigenvalue weighted by atomic mass is 9.90. The van der Waals surface area contributed by atoms with E-state index in [0.29, 0.717) is 30.0 Å². The Kier molecular flexibility index (Phi) is 3.48. The van der Waals surface area contributed by atoms with Gasteiger partial charge in [0.1, 0.15) is 13.2 Å². The minimum Gasteiger partial charge on any atom is -0.486 e. The zero-order chi connectivity index (χ0) is 14.4. The first-order valence-electron chi connectivity index (χ1n) is 7.84. The molecule has 2 aliphatic heterocycles. The SMILES string of the molecule is NC1CCCN(C2CC2)C1c1cc(Cl)c2c(c1)OCCO2. The third kappa shape index (κ3) is 2.50. The fourth-order valence-electron chi connectivity index (χ4n) is 3.61. The van der Waals surface area contributed by atoms with Gasteiger partial charge in [0.2, 0.25) is 0 Å². The lowest BCUT2D eigenvalue weighted by Gasteiger charge is -2.40. The number of hydrogen-bond acceptors (Lipinski definition) is 4. The summed E-state index contributed by atoms with van der Waals surface area (Å²) in [5, 5.41) is 0.635. The number of rotatable bonds is 2. The Bertz CT molecular complexity index is 547. The van der Waals surface area contributed by atoms with E-state index in [9.17, 15) is 0 Å². The van der Waals surface area contributed by atoms with Crippen molar-refractivity contribution in [2.45, 2.75) is 43.8 Å². The van der Waals surface area contributed by atoms with Crippen LogP contribution in [0.15, 0.2) is 12.1 Å². The maximum Gasteiger partial charge on any atom is 0.179 e. The van der Waals surface area contributed by atoms with Gasteiger partial charge in [0, 0.05) is 12.1 Å². The van der Waals surface area contributed by atoms with Crippen LogP contribution < -0.4 is 15.2 Å². The Hall–Kier alpha value is -0.970. The molecule has 1 aliphatic carbocycles. The van der Waals surface area contributed by atoms with E-state index in [1.165, 1.54) is 24.8 Å². The number of nitrogens with zero attached hydrogens (tertiary/aromatic N) is 1. The predicted molar refractivity (Wildman–Crippen MR) is 82.1 cm³/mol. The zero-order valence-corrected chi connectivity index (χ0v) is 12.8. The topological polar surface area (TPSA) is 47.7 Å². The first-order valence-corrected chi connectivity index (χ1v) is 8.22. The Balaban J connectivity index is 1.71. The summed E-state index contributed by atoms with van der Waals surface area (Å²) in [5.41, 5.74) is 7.61. The van der Waals surface area contributed by atoms with Crippen LogP contribution in [0.2, 0.25) is 5.02 Å². The first kappa shape index (κ1) is 13.7. The third-order valence-corrected chi connectivity index (χ3v) is 4.97. The molecule has 114 valence electrons. The standard InChI is InChI=1S/C16H21ClN2O2/c17-12-8-10(9-14-16(12)21-7-6-20-14)15-13(18)2-1-5-19(15)11-3-4-11/h8-9,11,13,15H,1-7,18H2. The van der Waals surface area contributed by atoms with E-state index in [-0.39, 0.29) is 12.1 Å². The molecule has 4 nitrogen and oxygen atoms in total. The van der Waals surface area contributed by atoms with Crippen LogP contribution in [0.5, 0.6) is 11.5 Å². The van der Waals surface area contributed by atoms with Crippen LogP contribution in [0.1, 0.15) is 37.3 Å². The molecule has 0 radical (unpaired) electrons. The Morgan fingerprint density at radius 2 is 1.95 bits per heavy atom. The number of hydrogen-bond donors (Lipinski definition) is 1. The molecule has 21 heavy (non-hydrogen) atoms. The van der Waals surface area contributed by atoms with E-state index in [1.807, 2.05) is 6.07 Å². The summed E-state index contributed by atoms with van der Waals surface area (Å²) in [6.07, 6.45) is 4.84. The van der Waals surface area contributed by atoms with Crippen molar-refractivity contribution in [3.8, 4) is 11.5 Å². The lowest BCUT2D eigenvalue weighted by Crippen LogP contribution is -2.46. The van der Waals surface area contributed by atoms with Crippen LogP contribution >= 0.6 is 11.6 Å². The van der Waals surface area contributed by atoms with Crippen LogP contribution in [0.4, 0.5) is 0 Å². The quantitative estimate of drug-likeness (QED) is 0.912. The van der Waals surface area contributed by atoms with Crippen molar-refractivity contribution in [3.63, 3.8) is 0 Å². The maximum atomic E-state index is 6.44. The molecule has 5 heteroatoms. The smallest absolute Gasteiger partial charge is 0.179 e. The van der Waals surface area contributed by atoms with Crippen molar-refractivity contribution in [1.29, 1.82) is 0 Å². The van der Waals surface area contributed by atoms with E-state index in [1.54, 1.807) is 0 Å². The van der Waals surface area contributed by atoms with Gasteiger partial charge in [0.25, 0.3) is 0 Å². The molecular weight excluding hydrogens is 288 g/mol. The van der Waals surface area contributed by atoms with Crippen molar-refractivity contribution in [2.24, 2.45) is 5.73 Å². The normalized spacial score (nSPS) is 29.4. The molecule has 2 atom stereocenters. The second-order valence-corrected chi connectivity index (χ2v) is 6.65. The number of likely N-dealkylation sites (tertiary alicyclic amines) is 1. The number of nitrogens with two attached hydrogens (primary N) is 1. The second-order valence-electron chi connectivity index (χ2n) is 6.25. The Morgan fingerprint density at radius 1 is 1.14 bits per heavy atom. The molecular formula is C16H21ClN2O2. The van der Waals surface area contributed by atoms with E-state index >= 15 is 0 Å². The van der Waals surface area contributed by atoms with Crippen molar-refractivity contribution in [3.05, 3.63) is 22.7 Å². The van der Waals surface area contributed by atoms with Gasteiger partial charge < -0.3 is 15.2 Å². The number of ether oxygens (including phenoxy) is 2. The van der Waals surface area contributed by atoms with Gasteiger partial charge in [-0.15, -0.1) is 0 Å². The summed E-state index contributed by atoms with van der Waals surface area (Å²) < 4.78 is 11.3. The molecule has 0 spiro atoms. The highest BCUT2D eigenvalue weighted by atomic mass is 35.5. The van der Waals surface area contributed by atoms with Crippen LogP contribution in [0, 0.1) is 0 Å². The molecule has 4 rings (SSSR count). The summed E-state index contributed by atoms with van der Waals surface area (Å²) in [5.74, 6) is 1.44. The summed E-state index contributed by atoms with van der Waals surface area (Å²) in [4.78, 5) is 2.57. The van der Waals surface area contributed by atoms with Crippen molar-refractivity contribution in [2.75, 3.05) is 19.8 Å². The minimum atomic E-state index is 0.165. The maximum absolute atomic E-state index is 6.44. The number of piperidine rings is 1. The molecule has 3 aliphatic rings. The molecule has 2 N–H and O–H groups in total. The molecule has 1 aromatic carbocycles. The molecule has 1 saturated carbocycles. The highest BCUT2D eigenvalue weighted by Crippen LogP contribution is 2.44. The van der Waals surface area contributed by atoms with Crippen LogP contribution in [-0.4, -0.2) is 36.7 Å². The van der Waals surface area contributed by atoms with Gasteiger partial charge >= 0.3 is 0 Å². The number of fused-ring (bicyclic) bond motifs is 1. The van der Waals surface area contributed by atoms with Gasteiger partial charge in [-0.2, -0.15) is 0 Å². The van der Waals surface area contributed by atoms with Crippen LogP contribution in [0.3, 0.4) is 0 Å².